The molecule has 3 rings (SSSR count). The van der Waals surface area contributed by atoms with Gasteiger partial charge in [0.25, 0.3) is 5.56 Å². The summed E-state index contributed by atoms with van der Waals surface area (Å²) < 4.78 is 38.2. The Bertz CT molecular complexity index is 1580. The number of imidazole rings is 1. The van der Waals surface area contributed by atoms with E-state index in [2.05, 4.69) is 25.6 Å². The third-order valence-electron chi connectivity index (χ3n) is 5.74. The number of amides is 2. The van der Waals surface area contributed by atoms with Crippen LogP contribution in [-0.4, -0.2) is 57.3 Å². The van der Waals surface area contributed by atoms with Gasteiger partial charge in [0.15, 0.2) is 15.7 Å². The zero-order chi connectivity index (χ0) is 28.9. The first-order valence-electron chi connectivity index (χ1n) is 12.1. The van der Waals surface area contributed by atoms with E-state index in [0.29, 0.717) is 29.1 Å². The highest BCUT2D eigenvalue weighted by molar-refractivity contribution is 7.93. The molecule has 3 heterocycles. The topological polar surface area (TPSA) is 176 Å². The molecule has 39 heavy (non-hydrogen) atoms. The molecule has 0 bridgehead atoms. The summed E-state index contributed by atoms with van der Waals surface area (Å²) in [6.07, 6.45) is 2.66. The minimum absolute atomic E-state index is 0.0402. The number of hydrogen-bond acceptors (Lipinski definition) is 7. The van der Waals surface area contributed by atoms with Gasteiger partial charge in [0.05, 0.1) is 24.0 Å². The number of rotatable bonds is 11. The number of fused-ring (bicyclic) bond motifs is 1. The van der Waals surface area contributed by atoms with Crippen molar-refractivity contribution in [2.75, 3.05) is 11.6 Å². The number of H-pyrrole nitrogens is 1. The molecule has 0 fully saturated rings. The lowest BCUT2D eigenvalue weighted by Gasteiger charge is -2.17. The summed E-state index contributed by atoms with van der Waals surface area (Å²) >= 11 is 0. The van der Waals surface area contributed by atoms with Gasteiger partial charge in [0, 0.05) is 17.4 Å². The predicted octanol–water partition coefficient (Wildman–Crippen LogP) is 2.73. The fraction of sp³-hybridized carbons (Fsp3) is 0.400. The molecule has 0 radical (unpaired) electrons. The van der Waals surface area contributed by atoms with Gasteiger partial charge in [-0.05, 0) is 44.2 Å². The van der Waals surface area contributed by atoms with Gasteiger partial charge >= 0.3 is 6.09 Å². The van der Waals surface area contributed by atoms with Crippen molar-refractivity contribution in [1.29, 1.82) is 0 Å². The smallest absolute Gasteiger partial charge is 0.405 e. The Morgan fingerprint density at radius 3 is 2.64 bits per heavy atom. The van der Waals surface area contributed by atoms with Crippen LogP contribution in [0.3, 0.4) is 0 Å². The second-order valence-corrected chi connectivity index (χ2v) is 11.5. The van der Waals surface area contributed by atoms with Crippen molar-refractivity contribution in [3.8, 4) is 0 Å². The van der Waals surface area contributed by atoms with Gasteiger partial charge in [0.2, 0.25) is 5.91 Å². The molecule has 4 N–H and O–H groups in total. The highest BCUT2D eigenvalue weighted by atomic mass is 32.2. The lowest BCUT2D eigenvalue weighted by atomic mass is 10.1. The van der Waals surface area contributed by atoms with Crippen LogP contribution in [0.25, 0.3) is 11.0 Å². The van der Waals surface area contributed by atoms with Gasteiger partial charge in [-0.3, -0.25) is 14.6 Å². The number of aromatic nitrogens is 4. The summed E-state index contributed by atoms with van der Waals surface area (Å²) in [6, 6.07) is 1.75. The van der Waals surface area contributed by atoms with Crippen LogP contribution in [0.1, 0.15) is 43.9 Å². The van der Waals surface area contributed by atoms with Crippen molar-refractivity contribution in [3.63, 3.8) is 0 Å². The third kappa shape index (κ3) is 7.96. The maximum Gasteiger partial charge on any atom is 0.405 e. The number of aromatic amines is 1. The molecule has 2 amide bonds. The monoisotopic (exact) mass is 562 g/mol. The standard InChI is InChI=1S/C25H31FN6O6S/c1-14(2)11-19-22-21(16(26)12-27-19)30-20(31-22)13-32-15(3)8-9-18(24(32)34)28-23(33)17(29-25(35)36)7-5-6-10-39(4,37)38/h6,8-10,12,14,17,29H,5,7,11,13H2,1-4H3,(H,28,33)(H,30,31)(H,35,36). The zero-order valence-corrected chi connectivity index (χ0v) is 22.8. The minimum atomic E-state index is -3.37. The molecule has 0 aliphatic heterocycles. The fourth-order valence-electron chi connectivity index (χ4n) is 3.94. The number of carbonyl (C=O) groups is 2. The SMILES string of the molecule is Cc1ccc(NC(=O)C(CCC=CS(C)(=O)=O)NC(=O)O)c(=O)n1Cc1nc2c(F)cnc(CC(C)C)c2[nH]1. The molecular weight excluding hydrogens is 531 g/mol. The van der Waals surface area contributed by atoms with Crippen molar-refractivity contribution in [3.05, 3.63) is 63.2 Å². The number of allylic oxidation sites excluding steroid dienone is 1. The van der Waals surface area contributed by atoms with Crippen LogP contribution in [0.2, 0.25) is 0 Å². The van der Waals surface area contributed by atoms with Crippen molar-refractivity contribution in [2.45, 2.75) is 52.6 Å². The predicted molar refractivity (Wildman–Crippen MR) is 144 cm³/mol. The van der Waals surface area contributed by atoms with E-state index < -0.39 is 39.3 Å². The largest absolute Gasteiger partial charge is 0.465 e. The van der Waals surface area contributed by atoms with Gasteiger partial charge in [-0.2, -0.15) is 0 Å². The van der Waals surface area contributed by atoms with Gasteiger partial charge in [-0.25, -0.2) is 22.6 Å². The normalized spacial score (nSPS) is 12.8. The Hall–Kier alpha value is -4.07. The quantitative estimate of drug-likeness (QED) is 0.276. The maximum atomic E-state index is 14.4. The first-order chi connectivity index (χ1) is 18.2. The van der Waals surface area contributed by atoms with E-state index in [1.807, 2.05) is 13.8 Å². The molecule has 0 aliphatic carbocycles. The van der Waals surface area contributed by atoms with E-state index >= 15 is 0 Å². The van der Waals surface area contributed by atoms with Crippen LogP contribution in [0, 0.1) is 18.7 Å². The van der Waals surface area contributed by atoms with E-state index in [0.717, 1.165) is 17.9 Å². The molecule has 3 aromatic heterocycles. The van der Waals surface area contributed by atoms with E-state index in [1.165, 1.54) is 16.7 Å². The number of anilines is 1. The van der Waals surface area contributed by atoms with Crippen LogP contribution in [-0.2, 0) is 27.6 Å². The van der Waals surface area contributed by atoms with Gasteiger partial charge in [-0.1, -0.05) is 19.9 Å². The number of nitrogens with zero attached hydrogens (tertiary/aromatic N) is 3. The third-order valence-corrected chi connectivity index (χ3v) is 6.43. The second-order valence-electron chi connectivity index (χ2n) is 9.61. The van der Waals surface area contributed by atoms with Crippen molar-refractivity contribution in [1.82, 2.24) is 24.8 Å². The molecule has 1 atom stereocenters. The number of halogens is 1. The highest BCUT2D eigenvalue weighted by Gasteiger charge is 2.22. The zero-order valence-electron chi connectivity index (χ0n) is 22.0. The second kappa shape index (κ2) is 12.2. The van der Waals surface area contributed by atoms with Gasteiger partial charge in [-0.15, -0.1) is 0 Å². The van der Waals surface area contributed by atoms with Crippen LogP contribution in [0.4, 0.5) is 14.9 Å². The number of carboxylic acid groups (broad SMARTS) is 1. The number of pyridine rings is 2. The number of carbonyl (C=O) groups excluding carboxylic acids is 1. The highest BCUT2D eigenvalue weighted by Crippen LogP contribution is 2.21. The average molecular weight is 563 g/mol. The van der Waals surface area contributed by atoms with E-state index in [9.17, 15) is 27.2 Å². The molecule has 0 saturated carbocycles. The molecule has 1 unspecified atom stereocenters. The minimum Gasteiger partial charge on any atom is -0.465 e. The molecule has 14 heteroatoms. The lowest BCUT2D eigenvalue weighted by molar-refractivity contribution is -0.118. The van der Waals surface area contributed by atoms with Crippen molar-refractivity contribution in [2.24, 2.45) is 5.92 Å². The molecule has 12 nitrogen and oxygen atoms in total. The molecule has 0 spiro atoms. The molecule has 0 saturated heterocycles. The molecule has 0 aromatic carbocycles. The summed E-state index contributed by atoms with van der Waals surface area (Å²) in [4.78, 5) is 48.8. The summed E-state index contributed by atoms with van der Waals surface area (Å²) in [7, 11) is -3.37. The van der Waals surface area contributed by atoms with Crippen LogP contribution in [0.15, 0.2) is 34.6 Å². The first kappa shape index (κ1) is 29.5. The maximum absolute atomic E-state index is 14.4. The van der Waals surface area contributed by atoms with E-state index in [4.69, 9.17) is 5.11 Å². The average Bonchev–Trinajstić information content (AvgIpc) is 3.26. The molecular formula is C25H31FN6O6S. The Kier molecular flexibility index (Phi) is 9.22. The molecule has 3 aromatic rings. The Morgan fingerprint density at radius 2 is 2.00 bits per heavy atom. The fourth-order valence-corrected chi connectivity index (χ4v) is 4.42. The van der Waals surface area contributed by atoms with Crippen molar-refractivity contribution >= 4 is 38.6 Å². The van der Waals surface area contributed by atoms with Crippen LogP contribution in [0.5, 0.6) is 0 Å². The summed E-state index contributed by atoms with van der Waals surface area (Å²) in [5, 5.41) is 14.6. The Morgan fingerprint density at radius 1 is 1.28 bits per heavy atom. The van der Waals surface area contributed by atoms with Gasteiger partial charge < -0.3 is 25.3 Å². The number of nitrogens with one attached hydrogen (secondary N) is 3. The number of aryl methyl sites for hydroxylation is 1. The van der Waals surface area contributed by atoms with E-state index in [-0.39, 0.29) is 36.5 Å². The first-order valence-corrected chi connectivity index (χ1v) is 14.1. The molecule has 210 valence electrons. The molecule has 0 aliphatic rings. The number of sulfone groups is 1. The summed E-state index contributed by atoms with van der Waals surface area (Å²) in [5.74, 6) is -0.779. The van der Waals surface area contributed by atoms with Crippen LogP contribution < -0.4 is 16.2 Å². The van der Waals surface area contributed by atoms with Crippen LogP contribution >= 0.6 is 0 Å². The van der Waals surface area contributed by atoms with Gasteiger partial charge in [0.1, 0.15) is 23.1 Å². The van der Waals surface area contributed by atoms with Crippen molar-refractivity contribution < 1.29 is 27.5 Å². The summed E-state index contributed by atoms with van der Waals surface area (Å²) in [5.41, 5.74) is 1.12. The Labute approximate surface area is 224 Å². The Balaban J connectivity index is 1.85. The summed E-state index contributed by atoms with van der Waals surface area (Å²) in [6.45, 7) is 5.67. The van der Waals surface area contributed by atoms with E-state index in [1.54, 1.807) is 13.0 Å². The lowest BCUT2D eigenvalue weighted by Crippen LogP contribution is -2.44. The number of hydrogen-bond donors (Lipinski definition) is 4.